The van der Waals surface area contributed by atoms with Crippen LogP contribution in [0.1, 0.15) is 29.8 Å². The predicted molar refractivity (Wildman–Crippen MR) is 87.2 cm³/mol. The molecular formula is C17H17N3S. The number of hydrogen-bond donors (Lipinski definition) is 1. The number of benzene rings is 1. The van der Waals surface area contributed by atoms with Crippen molar-refractivity contribution in [2.45, 2.75) is 32.6 Å². The Morgan fingerprint density at radius 1 is 1.14 bits per heavy atom. The van der Waals surface area contributed by atoms with Crippen molar-refractivity contribution < 1.29 is 0 Å². The van der Waals surface area contributed by atoms with E-state index in [1.165, 1.54) is 29.7 Å². The van der Waals surface area contributed by atoms with Crippen molar-refractivity contribution in [1.82, 2.24) is 14.6 Å². The zero-order valence-electron chi connectivity index (χ0n) is 12.0. The van der Waals surface area contributed by atoms with Crippen molar-refractivity contribution in [2.24, 2.45) is 0 Å². The molecule has 4 heteroatoms. The molecule has 0 unspecified atom stereocenters. The summed E-state index contributed by atoms with van der Waals surface area (Å²) >= 11 is 5.70. The molecule has 0 spiro atoms. The smallest absolute Gasteiger partial charge is 0.162 e. The molecule has 0 saturated carbocycles. The Morgan fingerprint density at radius 3 is 2.71 bits per heavy atom. The second kappa shape index (κ2) is 4.81. The highest BCUT2D eigenvalue weighted by atomic mass is 32.1. The third-order valence-electron chi connectivity index (χ3n) is 4.29. The molecule has 0 saturated heterocycles. The largest absolute Gasteiger partial charge is 0.295 e. The molecule has 0 fully saturated rings. The minimum atomic E-state index is 0.903. The van der Waals surface area contributed by atoms with Crippen molar-refractivity contribution in [3.8, 4) is 11.1 Å². The standard InChI is InChI=1S/C17H17N3S/c1-11-15(12-7-3-2-4-8-12)16-18-14-10-6-5-9-13(14)17(21)20(16)19-11/h2-4,7-8,19H,5-6,9-10H2,1H3. The number of fused-ring (bicyclic) bond motifs is 2. The van der Waals surface area contributed by atoms with Gasteiger partial charge < -0.3 is 0 Å². The summed E-state index contributed by atoms with van der Waals surface area (Å²) in [5.74, 6) is 0. The number of rotatable bonds is 1. The highest BCUT2D eigenvalue weighted by molar-refractivity contribution is 7.71. The Kier molecular flexibility index (Phi) is 2.93. The molecule has 21 heavy (non-hydrogen) atoms. The normalized spacial score (nSPS) is 14.3. The number of aromatic nitrogens is 3. The average molecular weight is 295 g/mol. The van der Waals surface area contributed by atoms with Crippen molar-refractivity contribution >= 4 is 17.9 Å². The lowest BCUT2D eigenvalue weighted by molar-refractivity contribution is 0.656. The molecular weight excluding hydrogens is 278 g/mol. The lowest BCUT2D eigenvalue weighted by Crippen LogP contribution is -2.09. The molecule has 1 aliphatic carbocycles. The van der Waals surface area contributed by atoms with Crippen LogP contribution in [0.25, 0.3) is 16.8 Å². The summed E-state index contributed by atoms with van der Waals surface area (Å²) in [4.78, 5) is 4.94. The van der Waals surface area contributed by atoms with Gasteiger partial charge in [0.2, 0.25) is 0 Å². The molecule has 1 aliphatic rings. The van der Waals surface area contributed by atoms with E-state index >= 15 is 0 Å². The van der Waals surface area contributed by atoms with E-state index in [1.54, 1.807) is 0 Å². The van der Waals surface area contributed by atoms with Crippen LogP contribution < -0.4 is 0 Å². The molecule has 2 heterocycles. The van der Waals surface area contributed by atoms with E-state index in [0.29, 0.717) is 0 Å². The Morgan fingerprint density at radius 2 is 1.90 bits per heavy atom. The first-order valence-electron chi connectivity index (χ1n) is 7.44. The van der Waals surface area contributed by atoms with Gasteiger partial charge in [-0.15, -0.1) is 0 Å². The maximum atomic E-state index is 5.70. The van der Waals surface area contributed by atoms with E-state index in [1.807, 2.05) is 10.6 Å². The molecule has 0 radical (unpaired) electrons. The lowest BCUT2D eigenvalue weighted by atomic mass is 9.97. The summed E-state index contributed by atoms with van der Waals surface area (Å²) in [7, 11) is 0. The minimum absolute atomic E-state index is 0.903. The SMILES string of the molecule is Cc1[nH]n2c(=S)c3c(nc2c1-c1ccccc1)CCCC3. The summed E-state index contributed by atoms with van der Waals surface area (Å²) in [5.41, 5.74) is 6.88. The van der Waals surface area contributed by atoms with Crippen LogP contribution in [-0.2, 0) is 12.8 Å². The van der Waals surface area contributed by atoms with Gasteiger partial charge in [-0.25, -0.2) is 9.50 Å². The van der Waals surface area contributed by atoms with Gasteiger partial charge in [0, 0.05) is 22.5 Å². The van der Waals surface area contributed by atoms with E-state index in [-0.39, 0.29) is 0 Å². The van der Waals surface area contributed by atoms with Crippen molar-refractivity contribution in [2.75, 3.05) is 0 Å². The zero-order valence-corrected chi connectivity index (χ0v) is 12.8. The minimum Gasteiger partial charge on any atom is -0.295 e. The molecule has 4 rings (SSSR count). The van der Waals surface area contributed by atoms with Gasteiger partial charge in [-0.3, -0.25) is 5.10 Å². The number of nitrogens with one attached hydrogen (secondary N) is 1. The van der Waals surface area contributed by atoms with Crippen molar-refractivity contribution in [1.29, 1.82) is 0 Å². The Bertz CT molecular complexity index is 874. The molecule has 0 amide bonds. The second-order valence-corrected chi connectivity index (χ2v) is 6.07. The van der Waals surface area contributed by atoms with Gasteiger partial charge >= 0.3 is 0 Å². The van der Waals surface area contributed by atoms with Gasteiger partial charge in [0.1, 0.15) is 4.64 Å². The lowest BCUT2D eigenvalue weighted by Gasteiger charge is -2.15. The van der Waals surface area contributed by atoms with E-state index in [9.17, 15) is 0 Å². The predicted octanol–water partition coefficient (Wildman–Crippen LogP) is 4.25. The fourth-order valence-corrected chi connectivity index (χ4v) is 3.62. The first-order valence-corrected chi connectivity index (χ1v) is 7.85. The van der Waals surface area contributed by atoms with Crippen LogP contribution in [0.15, 0.2) is 30.3 Å². The summed E-state index contributed by atoms with van der Waals surface area (Å²) in [6, 6.07) is 10.4. The molecule has 0 bridgehead atoms. The summed E-state index contributed by atoms with van der Waals surface area (Å²) in [5, 5.41) is 3.39. The fraction of sp³-hybridized carbons (Fsp3) is 0.294. The van der Waals surface area contributed by atoms with Crippen molar-refractivity contribution in [3.05, 3.63) is 51.9 Å². The number of H-pyrrole nitrogens is 1. The Labute approximate surface area is 128 Å². The number of aromatic amines is 1. The quantitative estimate of drug-likeness (QED) is 0.681. The van der Waals surface area contributed by atoms with Gasteiger partial charge in [0.15, 0.2) is 5.65 Å². The maximum absolute atomic E-state index is 5.70. The van der Waals surface area contributed by atoms with Crippen LogP contribution in [0.2, 0.25) is 0 Å². The Balaban J connectivity index is 2.07. The first kappa shape index (κ1) is 12.8. The average Bonchev–Trinajstić information content (AvgIpc) is 2.85. The third kappa shape index (κ3) is 1.94. The van der Waals surface area contributed by atoms with Gasteiger partial charge in [0.05, 0.1) is 0 Å². The topological polar surface area (TPSA) is 33.1 Å². The molecule has 0 aliphatic heterocycles. The Hall–Kier alpha value is -1.94. The van der Waals surface area contributed by atoms with Crippen LogP contribution in [0.4, 0.5) is 0 Å². The molecule has 1 aromatic carbocycles. The van der Waals surface area contributed by atoms with E-state index in [4.69, 9.17) is 17.2 Å². The monoisotopic (exact) mass is 295 g/mol. The third-order valence-corrected chi connectivity index (χ3v) is 4.72. The molecule has 3 nitrogen and oxygen atoms in total. The number of hydrogen-bond acceptors (Lipinski definition) is 2. The number of aryl methyl sites for hydroxylation is 2. The summed E-state index contributed by atoms with van der Waals surface area (Å²) in [6.07, 6.45) is 4.54. The van der Waals surface area contributed by atoms with Crippen LogP contribution in [0.5, 0.6) is 0 Å². The van der Waals surface area contributed by atoms with E-state index in [0.717, 1.165) is 34.4 Å². The molecule has 106 valence electrons. The second-order valence-electron chi connectivity index (χ2n) is 5.69. The van der Waals surface area contributed by atoms with Gasteiger partial charge in [-0.2, -0.15) is 0 Å². The first-order chi connectivity index (χ1) is 10.3. The van der Waals surface area contributed by atoms with Crippen LogP contribution >= 0.6 is 12.2 Å². The highest BCUT2D eigenvalue weighted by Crippen LogP contribution is 2.30. The van der Waals surface area contributed by atoms with Crippen LogP contribution in [0.3, 0.4) is 0 Å². The van der Waals surface area contributed by atoms with Crippen LogP contribution in [0, 0.1) is 11.6 Å². The molecule has 1 N–H and O–H groups in total. The van der Waals surface area contributed by atoms with Gasteiger partial charge in [-0.05, 0) is 38.2 Å². The molecule has 2 aromatic heterocycles. The maximum Gasteiger partial charge on any atom is 0.162 e. The van der Waals surface area contributed by atoms with Gasteiger partial charge in [-0.1, -0.05) is 42.5 Å². The summed E-state index contributed by atoms with van der Waals surface area (Å²) < 4.78 is 2.89. The van der Waals surface area contributed by atoms with Crippen molar-refractivity contribution in [3.63, 3.8) is 0 Å². The molecule has 3 aromatic rings. The summed E-state index contributed by atoms with van der Waals surface area (Å²) in [6.45, 7) is 2.09. The highest BCUT2D eigenvalue weighted by Gasteiger charge is 2.19. The van der Waals surface area contributed by atoms with E-state index < -0.39 is 0 Å². The number of nitrogens with zero attached hydrogens (tertiary/aromatic N) is 2. The zero-order chi connectivity index (χ0) is 14.4. The van der Waals surface area contributed by atoms with Gasteiger partial charge in [0.25, 0.3) is 0 Å². The van der Waals surface area contributed by atoms with E-state index in [2.05, 4.69) is 36.3 Å². The van der Waals surface area contributed by atoms with Crippen LogP contribution in [-0.4, -0.2) is 14.6 Å². The fourth-order valence-electron chi connectivity index (χ4n) is 3.27. The molecule has 0 atom stereocenters.